The zero-order valence-electron chi connectivity index (χ0n) is 9.31. The smallest absolute Gasteiger partial charge is 0.00618 e. The Balaban J connectivity index is 3.09. The van der Waals surface area contributed by atoms with E-state index in [1.807, 2.05) is 6.08 Å². The molecule has 0 aliphatic heterocycles. The topological polar surface area (TPSA) is 12.0 Å². The predicted molar refractivity (Wildman–Crippen MR) is 61.0 cm³/mol. The molecule has 0 aliphatic carbocycles. The van der Waals surface area contributed by atoms with Gasteiger partial charge in [0.2, 0.25) is 0 Å². The number of hydrogen-bond donors (Lipinski definition) is 1. The SMILES string of the molecule is C=CCCCCCNC(CC)CC. The minimum atomic E-state index is 0.736. The largest absolute Gasteiger partial charge is 0.314 e. The first-order valence-corrected chi connectivity index (χ1v) is 5.69. The van der Waals surface area contributed by atoms with Gasteiger partial charge in [-0.05, 0) is 38.6 Å². The molecule has 0 spiro atoms. The maximum Gasteiger partial charge on any atom is 0.00618 e. The zero-order chi connectivity index (χ0) is 9.94. The van der Waals surface area contributed by atoms with E-state index in [4.69, 9.17) is 0 Å². The van der Waals surface area contributed by atoms with Crippen LogP contribution < -0.4 is 5.32 Å². The highest BCUT2D eigenvalue weighted by atomic mass is 14.9. The summed E-state index contributed by atoms with van der Waals surface area (Å²) in [6.45, 7) is 9.40. The van der Waals surface area contributed by atoms with Gasteiger partial charge < -0.3 is 5.32 Å². The van der Waals surface area contributed by atoms with E-state index in [0.29, 0.717) is 0 Å². The van der Waals surface area contributed by atoms with E-state index in [9.17, 15) is 0 Å². The van der Waals surface area contributed by atoms with Crippen LogP contribution in [0.4, 0.5) is 0 Å². The molecule has 0 radical (unpaired) electrons. The molecule has 0 fully saturated rings. The molecule has 0 aliphatic rings. The van der Waals surface area contributed by atoms with Crippen molar-refractivity contribution >= 4 is 0 Å². The second-order valence-electron chi connectivity index (χ2n) is 3.61. The highest BCUT2D eigenvalue weighted by Gasteiger charge is 1.99. The Hall–Kier alpha value is -0.300. The van der Waals surface area contributed by atoms with Crippen LogP contribution in [-0.4, -0.2) is 12.6 Å². The van der Waals surface area contributed by atoms with Crippen molar-refractivity contribution < 1.29 is 0 Å². The Morgan fingerprint density at radius 1 is 1.15 bits per heavy atom. The van der Waals surface area contributed by atoms with Crippen LogP contribution in [0.1, 0.15) is 52.4 Å². The number of hydrogen-bond acceptors (Lipinski definition) is 1. The van der Waals surface area contributed by atoms with Crippen LogP contribution in [0.2, 0.25) is 0 Å². The van der Waals surface area contributed by atoms with Crippen LogP contribution in [0.15, 0.2) is 12.7 Å². The Morgan fingerprint density at radius 2 is 1.85 bits per heavy atom. The van der Waals surface area contributed by atoms with Crippen molar-refractivity contribution in [2.45, 2.75) is 58.4 Å². The first-order valence-electron chi connectivity index (χ1n) is 5.69. The molecule has 0 amide bonds. The fourth-order valence-electron chi connectivity index (χ4n) is 1.47. The van der Waals surface area contributed by atoms with Gasteiger partial charge in [-0.3, -0.25) is 0 Å². The summed E-state index contributed by atoms with van der Waals surface area (Å²) in [5.41, 5.74) is 0. The van der Waals surface area contributed by atoms with Gasteiger partial charge in [-0.25, -0.2) is 0 Å². The highest BCUT2D eigenvalue weighted by Crippen LogP contribution is 2.01. The minimum Gasteiger partial charge on any atom is -0.314 e. The zero-order valence-corrected chi connectivity index (χ0v) is 9.31. The van der Waals surface area contributed by atoms with Crippen LogP contribution in [0, 0.1) is 0 Å². The Bertz CT molecular complexity index is 106. The van der Waals surface area contributed by atoms with Crippen molar-refractivity contribution in [3.05, 3.63) is 12.7 Å². The summed E-state index contributed by atoms with van der Waals surface area (Å²) in [7, 11) is 0. The first-order chi connectivity index (χ1) is 6.35. The fourth-order valence-corrected chi connectivity index (χ4v) is 1.47. The van der Waals surface area contributed by atoms with Gasteiger partial charge in [-0.2, -0.15) is 0 Å². The maximum atomic E-state index is 3.72. The first kappa shape index (κ1) is 12.7. The van der Waals surface area contributed by atoms with Gasteiger partial charge in [-0.15, -0.1) is 6.58 Å². The summed E-state index contributed by atoms with van der Waals surface area (Å²) in [5, 5.41) is 3.57. The number of unbranched alkanes of at least 4 members (excludes halogenated alkanes) is 3. The molecule has 0 saturated carbocycles. The molecule has 0 unspecified atom stereocenters. The molecule has 0 atom stereocenters. The Morgan fingerprint density at radius 3 is 2.38 bits per heavy atom. The van der Waals surface area contributed by atoms with Crippen molar-refractivity contribution in [3.8, 4) is 0 Å². The van der Waals surface area contributed by atoms with E-state index in [1.54, 1.807) is 0 Å². The Kier molecular flexibility index (Phi) is 9.56. The lowest BCUT2D eigenvalue weighted by Crippen LogP contribution is -2.28. The van der Waals surface area contributed by atoms with Crippen LogP contribution in [0.25, 0.3) is 0 Å². The number of nitrogens with one attached hydrogen (secondary N) is 1. The summed E-state index contributed by atoms with van der Waals surface area (Å²) in [4.78, 5) is 0. The van der Waals surface area contributed by atoms with Crippen molar-refractivity contribution in [2.24, 2.45) is 0 Å². The average molecular weight is 183 g/mol. The number of rotatable bonds is 9. The molecular weight excluding hydrogens is 158 g/mol. The molecule has 1 N–H and O–H groups in total. The van der Waals surface area contributed by atoms with E-state index in [-0.39, 0.29) is 0 Å². The van der Waals surface area contributed by atoms with E-state index >= 15 is 0 Å². The standard InChI is InChI=1S/C12H25N/c1-4-7-8-9-10-11-13-12(5-2)6-3/h4,12-13H,1,5-11H2,2-3H3. The van der Waals surface area contributed by atoms with Crippen molar-refractivity contribution in [2.75, 3.05) is 6.54 Å². The monoisotopic (exact) mass is 183 g/mol. The average Bonchev–Trinajstić information content (AvgIpc) is 2.17. The second-order valence-corrected chi connectivity index (χ2v) is 3.61. The summed E-state index contributed by atoms with van der Waals surface area (Å²) in [5.74, 6) is 0. The lowest BCUT2D eigenvalue weighted by Gasteiger charge is -2.13. The van der Waals surface area contributed by atoms with Crippen molar-refractivity contribution in [1.29, 1.82) is 0 Å². The lowest BCUT2D eigenvalue weighted by atomic mass is 10.1. The van der Waals surface area contributed by atoms with Crippen LogP contribution in [0.5, 0.6) is 0 Å². The van der Waals surface area contributed by atoms with Gasteiger partial charge in [0.25, 0.3) is 0 Å². The molecule has 0 saturated heterocycles. The van der Waals surface area contributed by atoms with E-state index in [2.05, 4.69) is 25.7 Å². The second kappa shape index (κ2) is 9.79. The van der Waals surface area contributed by atoms with Gasteiger partial charge >= 0.3 is 0 Å². The summed E-state index contributed by atoms with van der Waals surface area (Å²) in [6.07, 6.45) is 9.63. The summed E-state index contributed by atoms with van der Waals surface area (Å²) < 4.78 is 0. The normalized spacial score (nSPS) is 10.7. The fraction of sp³-hybridized carbons (Fsp3) is 0.833. The molecule has 1 heteroatoms. The van der Waals surface area contributed by atoms with Crippen LogP contribution in [0.3, 0.4) is 0 Å². The van der Waals surface area contributed by atoms with Gasteiger partial charge in [0, 0.05) is 6.04 Å². The molecule has 0 aromatic carbocycles. The molecule has 0 aromatic rings. The van der Waals surface area contributed by atoms with Gasteiger partial charge in [0.05, 0.1) is 0 Å². The molecular formula is C12H25N. The molecule has 0 bridgehead atoms. The predicted octanol–water partition coefficient (Wildman–Crippen LogP) is 3.51. The maximum absolute atomic E-state index is 3.72. The third-order valence-corrected chi connectivity index (χ3v) is 2.50. The van der Waals surface area contributed by atoms with Gasteiger partial charge in [0.15, 0.2) is 0 Å². The van der Waals surface area contributed by atoms with Crippen LogP contribution in [-0.2, 0) is 0 Å². The molecule has 1 nitrogen and oxygen atoms in total. The van der Waals surface area contributed by atoms with Gasteiger partial charge in [-0.1, -0.05) is 26.3 Å². The van der Waals surface area contributed by atoms with Crippen molar-refractivity contribution in [3.63, 3.8) is 0 Å². The third-order valence-electron chi connectivity index (χ3n) is 2.50. The highest BCUT2D eigenvalue weighted by molar-refractivity contribution is 4.66. The molecule has 0 rings (SSSR count). The molecule has 13 heavy (non-hydrogen) atoms. The summed E-state index contributed by atoms with van der Waals surface area (Å²) >= 11 is 0. The molecule has 0 aromatic heterocycles. The minimum absolute atomic E-state index is 0.736. The lowest BCUT2D eigenvalue weighted by molar-refractivity contribution is 0.471. The molecule has 0 heterocycles. The third kappa shape index (κ3) is 8.04. The number of allylic oxidation sites excluding steroid dienone is 1. The summed E-state index contributed by atoms with van der Waals surface area (Å²) in [6, 6.07) is 0.736. The van der Waals surface area contributed by atoms with Crippen LogP contribution >= 0.6 is 0 Å². The Labute approximate surface area is 83.6 Å². The quantitative estimate of drug-likeness (QED) is 0.426. The van der Waals surface area contributed by atoms with E-state index < -0.39 is 0 Å². The van der Waals surface area contributed by atoms with E-state index in [0.717, 1.165) is 6.04 Å². The molecule has 78 valence electrons. The van der Waals surface area contributed by atoms with Crippen molar-refractivity contribution in [1.82, 2.24) is 5.32 Å². The van der Waals surface area contributed by atoms with Gasteiger partial charge in [0.1, 0.15) is 0 Å². The van der Waals surface area contributed by atoms with E-state index in [1.165, 1.54) is 45.1 Å².